The summed E-state index contributed by atoms with van der Waals surface area (Å²) in [6.07, 6.45) is 2.26. The van der Waals surface area contributed by atoms with Crippen LogP contribution < -0.4 is 5.32 Å². The van der Waals surface area contributed by atoms with E-state index in [4.69, 9.17) is 4.74 Å². The number of nitrogens with zero attached hydrogens (tertiary/aromatic N) is 1. The molecule has 1 aliphatic heterocycles. The lowest BCUT2D eigenvalue weighted by atomic mass is 10.1. The first-order valence-corrected chi connectivity index (χ1v) is 8.03. The molecule has 2 aromatic heterocycles. The van der Waals surface area contributed by atoms with E-state index in [0.717, 1.165) is 35.7 Å². The van der Waals surface area contributed by atoms with Gasteiger partial charge in [0.2, 0.25) is 0 Å². The number of ether oxygens (including phenoxy) is 1. The summed E-state index contributed by atoms with van der Waals surface area (Å²) in [4.78, 5) is 17.9. The Balaban J connectivity index is 1.68. The van der Waals surface area contributed by atoms with Gasteiger partial charge in [-0.3, -0.25) is 9.78 Å². The zero-order valence-electron chi connectivity index (χ0n) is 12.0. The van der Waals surface area contributed by atoms with Crippen molar-refractivity contribution in [3.8, 4) is 10.6 Å². The monoisotopic (exact) mass is 302 g/mol. The van der Waals surface area contributed by atoms with Gasteiger partial charge in [0.1, 0.15) is 0 Å². The smallest absolute Gasteiger partial charge is 0.253 e. The predicted octanol–water partition coefficient (Wildman–Crippen LogP) is 3.03. The molecule has 1 saturated heterocycles. The molecule has 1 fully saturated rings. The third kappa shape index (κ3) is 3.31. The Hall–Kier alpha value is -1.72. The summed E-state index contributed by atoms with van der Waals surface area (Å²) in [5.74, 6) is -0.0757. The lowest BCUT2D eigenvalue weighted by Gasteiger charge is -2.12. The molecule has 0 unspecified atom stereocenters. The van der Waals surface area contributed by atoms with Gasteiger partial charge in [-0.1, -0.05) is 6.07 Å². The number of rotatable bonds is 4. The maximum Gasteiger partial charge on any atom is 0.253 e. The summed E-state index contributed by atoms with van der Waals surface area (Å²) in [6.45, 7) is 3.25. The maximum absolute atomic E-state index is 12.2. The minimum Gasteiger partial charge on any atom is -0.376 e. The van der Waals surface area contributed by atoms with E-state index >= 15 is 0 Å². The van der Waals surface area contributed by atoms with Gasteiger partial charge in [-0.15, -0.1) is 11.3 Å². The second-order valence-corrected chi connectivity index (χ2v) is 6.10. The molecule has 0 radical (unpaired) electrons. The van der Waals surface area contributed by atoms with Crippen molar-refractivity contribution in [2.75, 3.05) is 13.2 Å². The number of aromatic nitrogens is 1. The first-order chi connectivity index (χ1) is 10.2. The topological polar surface area (TPSA) is 51.2 Å². The number of amides is 1. The van der Waals surface area contributed by atoms with Crippen molar-refractivity contribution < 1.29 is 9.53 Å². The van der Waals surface area contributed by atoms with Crippen LogP contribution in [0, 0.1) is 6.92 Å². The van der Waals surface area contributed by atoms with Gasteiger partial charge in [-0.2, -0.15) is 0 Å². The van der Waals surface area contributed by atoms with Crippen LogP contribution in [0.4, 0.5) is 0 Å². The predicted molar refractivity (Wildman–Crippen MR) is 83.6 cm³/mol. The van der Waals surface area contributed by atoms with Crippen LogP contribution in [0.5, 0.6) is 0 Å². The highest BCUT2D eigenvalue weighted by molar-refractivity contribution is 7.13. The Kier molecular flexibility index (Phi) is 4.31. The lowest BCUT2D eigenvalue weighted by molar-refractivity contribution is 0.0857. The number of hydrogen-bond acceptors (Lipinski definition) is 4. The average molecular weight is 302 g/mol. The zero-order valence-corrected chi connectivity index (χ0v) is 12.8. The quantitative estimate of drug-likeness (QED) is 0.944. The molecule has 0 bridgehead atoms. The van der Waals surface area contributed by atoms with Crippen LogP contribution in [0.3, 0.4) is 0 Å². The molecule has 1 aliphatic rings. The molecule has 21 heavy (non-hydrogen) atoms. The van der Waals surface area contributed by atoms with Crippen molar-refractivity contribution in [3.63, 3.8) is 0 Å². The van der Waals surface area contributed by atoms with E-state index in [2.05, 4.69) is 10.3 Å². The first-order valence-electron chi connectivity index (χ1n) is 7.15. The maximum atomic E-state index is 12.2. The molecule has 1 atom stereocenters. The van der Waals surface area contributed by atoms with Crippen molar-refractivity contribution in [3.05, 3.63) is 40.9 Å². The molecule has 1 amide bonds. The molecule has 0 saturated carbocycles. The molecule has 0 aliphatic carbocycles. The van der Waals surface area contributed by atoms with E-state index in [0.29, 0.717) is 12.1 Å². The summed E-state index contributed by atoms with van der Waals surface area (Å²) in [7, 11) is 0. The first kappa shape index (κ1) is 14.2. The van der Waals surface area contributed by atoms with E-state index in [1.807, 2.05) is 36.6 Å². The standard InChI is InChI=1S/C16H18N2O2S/c1-11-13(16(19)17-10-12-4-2-8-20-12)6-7-14(18-11)15-5-3-9-21-15/h3,5-7,9,12H,2,4,8,10H2,1H3,(H,17,19)/t12-/m0/s1. The van der Waals surface area contributed by atoms with Crippen molar-refractivity contribution in [1.82, 2.24) is 10.3 Å². The van der Waals surface area contributed by atoms with Gasteiger partial charge in [-0.25, -0.2) is 0 Å². The number of carbonyl (C=O) groups is 1. The number of thiophene rings is 1. The van der Waals surface area contributed by atoms with Crippen LogP contribution in [-0.4, -0.2) is 30.1 Å². The van der Waals surface area contributed by atoms with Gasteiger partial charge >= 0.3 is 0 Å². The molecule has 0 spiro atoms. The van der Waals surface area contributed by atoms with Gasteiger partial charge in [0, 0.05) is 13.2 Å². The fraction of sp³-hybridized carbons (Fsp3) is 0.375. The summed E-state index contributed by atoms with van der Waals surface area (Å²) >= 11 is 1.65. The summed E-state index contributed by atoms with van der Waals surface area (Å²) < 4.78 is 5.51. The van der Waals surface area contributed by atoms with Crippen molar-refractivity contribution in [1.29, 1.82) is 0 Å². The Morgan fingerprint density at radius 2 is 2.38 bits per heavy atom. The highest BCUT2D eigenvalue weighted by Gasteiger charge is 2.18. The SMILES string of the molecule is Cc1nc(-c2cccs2)ccc1C(=O)NC[C@@H]1CCCO1. The molecular formula is C16H18N2O2S. The number of aryl methyl sites for hydroxylation is 1. The molecule has 4 nitrogen and oxygen atoms in total. The van der Waals surface area contributed by atoms with E-state index in [1.165, 1.54) is 0 Å². The molecule has 2 aromatic rings. The van der Waals surface area contributed by atoms with Crippen LogP contribution in [0.25, 0.3) is 10.6 Å². The Labute approximate surface area is 128 Å². The lowest BCUT2D eigenvalue weighted by Crippen LogP contribution is -2.32. The second kappa shape index (κ2) is 6.37. The largest absolute Gasteiger partial charge is 0.376 e. The fourth-order valence-electron chi connectivity index (χ4n) is 2.47. The minimum atomic E-state index is -0.0757. The number of hydrogen-bond donors (Lipinski definition) is 1. The highest BCUT2D eigenvalue weighted by atomic mass is 32.1. The van der Waals surface area contributed by atoms with Crippen LogP contribution >= 0.6 is 11.3 Å². The molecule has 1 N–H and O–H groups in total. The third-order valence-corrected chi connectivity index (χ3v) is 4.51. The van der Waals surface area contributed by atoms with Crippen LogP contribution in [0.1, 0.15) is 28.9 Å². The zero-order chi connectivity index (χ0) is 14.7. The average Bonchev–Trinajstić information content (AvgIpc) is 3.18. The van der Waals surface area contributed by atoms with E-state index in [9.17, 15) is 4.79 Å². The van der Waals surface area contributed by atoms with Gasteiger partial charge in [0.05, 0.1) is 27.9 Å². The summed E-state index contributed by atoms with van der Waals surface area (Å²) in [5.41, 5.74) is 2.30. The molecule has 3 rings (SSSR count). The normalized spacial score (nSPS) is 17.9. The van der Waals surface area contributed by atoms with Crippen molar-refractivity contribution in [2.45, 2.75) is 25.9 Å². The van der Waals surface area contributed by atoms with Gasteiger partial charge in [0.25, 0.3) is 5.91 Å². The van der Waals surface area contributed by atoms with Gasteiger partial charge in [0.15, 0.2) is 0 Å². The van der Waals surface area contributed by atoms with E-state index in [-0.39, 0.29) is 12.0 Å². The minimum absolute atomic E-state index is 0.0757. The van der Waals surface area contributed by atoms with Gasteiger partial charge in [-0.05, 0) is 43.3 Å². The van der Waals surface area contributed by atoms with Crippen molar-refractivity contribution >= 4 is 17.2 Å². The molecule has 110 valence electrons. The number of pyridine rings is 1. The highest BCUT2D eigenvalue weighted by Crippen LogP contribution is 2.23. The molecule has 3 heterocycles. The van der Waals surface area contributed by atoms with Crippen LogP contribution in [0.2, 0.25) is 0 Å². The molecule has 0 aromatic carbocycles. The number of carbonyl (C=O) groups excluding carboxylic acids is 1. The summed E-state index contributed by atoms with van der Waals surface area (Å²) in [6, 6.07) is 7.78. The molecule has 5 heteroatoms. The Morgan fingerprint density at radius 3 is 3.05 bits per heavy atom. The third-order valence-electron chi connectivity index (χ3n) is 3.62. The second-order valence-electron chi connectivity index (χ2n) is 5.15. The van der Waals surface area contributed by atoms with Gasteiger partial charge < -0.3 is 10.1 Å². The van der Waals surface area contributed by atoms with Crippen LogP contribution in [-0.2, 0) is 4.74 Å². The summed E-state index contributed by atoms with van der Waals surface area (Å²) in [5, 5.41) is 4.96. The number of nitrogens with one attached hydrogen (secondary N) is 1. The fourth-order valence-corrected chi connectivity index (χ4v) is 3.16. The Morgan fingerprint density at radius 1 is 1.48 bits per heavy atom. The van der Waals surface area contributed by atoms with E-state index in [1.54, 1.807) is 11.3 Å². The van der Waals surface area contributed by atoms with Crippen LogP contribution in [0.15, 0.2) is 29.6 Å². The van der Waals surface area contributed by atoms with Crippen molar-refractivity contribution in [2.24, 2.45) is 0 Å². The van der Waals surface area contributed by atoms with E-state index < -0.39 is 0 Å². The molecular weight excluding hydrogens is 284 g/mol. The Bertz CT molecular complexity index is 619.